The second-order valence-corrected chi connectivity index (χ2v) is 6.88. The van der Waals surface area contributed by atoms with E-state index in [0.29, 0.717) is 24.5 Å². The minimum absolute atomic E-state index is 0.279. The summed E-state index contributed by atoms with van der Waals surface area (Å²) in [6.07, 6.45) is 0. The first kappa shape index (κ1) is 17.4. The minimum atomic E-state index is -0.279. The van der Waals surface area contributed by atoms with Crippen LogP contribution in [0.2, 0.25) is 0 Å². The van der Waals surface area contributed by atoms with E-state index in [1.54, 1.807) is 12.1 Å². The number of fused-ring (bicyclic) bond motifs is 2. The van der Waals surface area contributed by atoms with Crippen molar-refractivity contribution in [3.63, 3.8) is 0 Å². The topological polar surface area (TPSA) is 27.1 Å². The van der Waals surface area contributed by atoms with Crippen LogP contribution in [-0.4, -0.2) is 16.2 Å². The summed E-state index contributed by atoms with van der Waals surface area (Å²) >= 11 is 0. The van der Waals surface area contributed by atoms with Crippen molar-refractivity contribution in [1.29, 1.82) is 0 Å². The van der Waals surface area contributed by atoms with Gasteiger partial charge >= 0.3 is 0 Å². The van der Waals surface area contributed by atoms with Crippen LogP contribution < -0.4 is 4.74 Å². The van der Waals surface area contributed by atoms with Crippen molar-refractivity contribution in [2.75, 3.05) is 6.61 Å². The van der Waals surface area contributed by atoms with E-state index >= 15 is 0 Å². The molecular weight excluding hydrogens is 363 g/mol. The summed E-state index contributed by atoms with van der Waals surface area (Å²) in [6.45, 7) is 1.02. The van der Waals surface area contributed by atoms with Crippen molar-refractivity contribution in [3.05, 3.63) is 96.8 Å². The number of hydrogen-bond acceptors (Lipinski definition) is 2. The summed E-state index contributed by atoms with van der Waals surface area (Å²) in [4.78, 5) is 4.69. The molecule has 0 aliphatic heterocycles. The van der Waals surface area contributed by atoms with Crippen molar-refractivity contribution in [3.8, 4) is 17.1 Å². The molecule has 4 heteroatoms. The van der Waals surface area contributed by atoms with E-state index in [1.807, 2.05) is 59.2 Å². The summed E-state index contributed by atoms with van der Waals surface area (Å²) in [7, 11) is 0. The van der Waals surface area contributed by atoms with Gasteiger partial charge in [0, 0.05) is 5.39 Å². The van der Waals surface area contributed by atoms with E-state index in [0.717, 1.165) is 27.6 Å². The molecule has 1 aromatic heterocycles. The Hall–Kier alpha value is -3.66. The van der Waals surface area contributed by atoms with Gasteiger partial charge in [-0.15, -0.1) is 0 Å². The van der Waals surface area contributed by atoms with E-state index in [2.05, 4.69) is 23.2 Å². The molecule has 0 saturated heterocycles. The highest BCUT2D eigenvalue weighted by atomic mass is 19.1. The number of para-hydroxylation sites is 2. The molecule has 0 N–H and O–H groups in total. The largest absolute Gasteiger partial charge is 0.491 e. The lowest BCUT2D eigenvalue weighted by atomic mass is 10.1. The predicted molar refractivity (Wildman–Crippen MR) is 115 cm³/mol. The Morgan fingerprint density at radius 3 is 2.48 bits per heavy atom. The number of nitrogens with zero attached hydrogens (tertiary/aromatic N) is 2. The molecule has 0 fully saturated rings. The first-order chi connectivity index (χ1) is 14.3. The van der Waals surface area contributed by atoms with Crippen LogP contribution in [0.25, 0.3) is 33.2 Å². The highest BCUT2D eigenvalue weighted by molar-refractivity contribution is 5.88. The van der Waals surface area contributed by atoms with E-state index in [4.69, 9.17) is 4.74 Å². The van der Waals surface area contributed by atoms with Gasteiger partial charge in [-0.05, 0) is 35.7 Å². The molecular formula is C25H19FN2O. The smallest absolute Gasteiger partial charge is 0.144 e. The summed E-state index contributed by atoms with van der Waals surface area (Å²) in [5.74, 6) is 1.19. The lowest BCUT2D eigenvalue weighted by Gasteiger charge is -2.13. The number of benzene rings is 4. The van der Waals surface area contributed by atoms with Gasteiger partial charge in [0.15, 0.2) is 0 Å². The molecule has 0 aliphatic carbocycles. The van der Waals surface area contributed by atoms with Gasteiger partial charge in [0.1, 0.15) is 24.0 Å². The number of rotatable bonds is 5. The summed E-state index contributed by atoms with van der Waals surface area (Å²) in [6, 6.07) is 28.8. The second kappa shape index (κ2) is 7.40. The third-order valence-electron chi connectivity index (χ3n) is 5.09. The van der Waals surface area contributed by atoms with Crippen molar-refractivity contribution >= 4 is 21.8 Å². The van der Waals surface area contributed by atoms with Crippen LogP contribution in [0.1, 0.15) is 0 Å². The summed E-state index contributed by atoms with van der Waals surface area (Å²) < 4.78 is 22.6. The van der Waals surface area contributed by atoms with Gasteiger partial charge in [-0.2, -0.15) is 0 Å². The number of ether oxygens (including phenoxy) is 1. The maximum atomic E-state index is 14.5. The molecule has 4 aromatic carbocycles. The zero-order chi connectivity index (χ0) is 19.6. The molecule has 0 bridgehead atoms. The molecule has 0 unspecified atom stereocenters. The Labute approximate surface area is 168 Å². The van der Waals surface area contributed by atoms with Crippen molar-refractivity contribution in [2.24, 2.45) is 0 Å². The highest BCUT2D eigenvalue weighted by Crippen LogP contribution is 2.28. The normalized spacial score (nSPS) is 11.2. The SMILES string of the molecule is Fc1ccccc1-c1nc2ccccc2n1CCOc1cccc2ccccc12. The van der Waals surface area contributed by atoms with Crippen LogP contribution in [0, 0.1) is 5.82 Å². The maximum Gasteiger partial charge on any atom is 0.144 e. The van der Waals surface area contributed by atoms with Crippen LogP contribution in [0.3, 0.4) is 0 Å². The van der Waals surface area contributed by atoms with E-state index in [-0.39, 0.29) is 5.82 Å². The molecule has 1 heterocycles. The summed E-state index contributed by atoms with van der Waals surface area (Å²) in [5.41, 5.74) is 2.30. The Bertz CT molecular complexity index is 1300. The Morgan fingerprint density at radius 2 is 1.55 bits per heavy atom. The molecule has 5 aromatic rings. The molecule has 29 heavy (non-hydrogen) atoms. The highest BCUT2D eigenvalue weighted by Gasteiger charge is 2.15. The monoisotopic (exact) mass is 382 g/mol. The maximum absolute atomic E-state index is 14.5. The van der Waals surface area contributed by atoms with Crippen molar-refractivity contribution < 1.29 is 9.13 Å². The number of aromatic nitrogens is 2. The Kier molecular flexibility index (Phi) is 4.45. The first-order valence-corrected chi connectivity index (χ1v) is 9.62. The second-order valence-electron chi connectivity index (χ2n) is 6.88. The van der Waals surface area contributed by atoms with Gasteiger partial charge in [-0.3, -0.25) is 0 Å². The van der Waals surface area contributed by atoms with Crippen LogP contribution in [0.5, 0.6) is 5.75 Å². The third-order valence-corrected chi connectivity index (χ3v) is 5.09. The quantitative estimate of drug-likeness (QED) is 0.369. The zero-order valence-corrected chi connectivity index (χ0v) is 15.8. The van der Waals surface area contributed by atoms with Crippen LogP contribution >= 0.6 is 0 Å². The molecule has 0 spiro atoms. The van der Waals surface area contributed by atoms with Crippen LogP contribution in [0.15, 0.2) is 91.0 Å². The molecule has 0 aliphatic rings. The lowest BCUT2D eigenvalue weighted by molar-refractivity contribution is 0.304. The fraction of sp³-hybridized carbons (Fsp3) is 0.0800. The van der Waals surface area contributed by atoms with E-state index in [1.165, 1.54) is 6.07 Å². The van der Waals surface area contributed by atoms with Gasteiger partial charge in [-0.1, -0.05) is 60.7 Å². The summed E-state index contributed by atoms with van der Waals surface area (Å²) in [5, 5.41) is 2.23. The van der Waals surface area contributed by atoms with Gasteiger partial charge < -0.3 is 9.30 Å². The van der Waals surface area contributed by atoms with Gasteiger partial charge in [0.2, 0.25) is 0 Å². The fourth-order valence-corrected chi connectivity index (χ4v) is 3.72. The number of halogens is 1. The molecule has 3 nitrogen and oxygen atoms in total. The fourth-order valence-electron chi connectivity index (χ4n) is 3.72. The molecule has 0 radical (unpaired) electrons. The van der Waals surface area contributed by atoms with Crippen molar-refractivity contribution in [2.45, 2.75) is 6.54 Å². The van der Waals surface area contributed by atoms with Crippen LogP contribution in [0.4, 0.5) is 4.39 Å². The Balaban J connectivity index is 1.49. The molecule has 142 valence electrons. The lowest BCUT2D eigenvalue weighted by Crippen LogP contribution is -2.10. The van der Waals surface area contributed by atoms with Gasteiger partial charge in [0.05, 0.1) is 23.1 Å². The zero-order valence-electron chi connectivity index (χ0n) is 15.8. The number of hydrogen-bond donors (Lipinski definition) is 0. The standard InChI is InChI=1S/C25H19FN2O/c26-21-12-4-3-11-20(21)25-27-22-13-5-6-14-23(22)28(25)16-17-29-24-15-7-9-18-8-1-2-10-19(18)24/h1-15H,16-17H2. The van der Waals surface area contributed by atoms with Gasteiger partial charge in [-0.25, -0.2) is 9.37 Å². The Morgan fingerprint density at radius 1 is 0.793 bits per heavy atom. The number of imidazole rings is 1. The molecule has 0 amide bonds. The van der Waals surface area contributed by atoms with Crippen LogP contribution in [-0.2, 0) is 6.54 Å². The van der Waals surface area contributed by atoms with Crippen molar-refractivity contribution in [1.82, 2.24) is 9.55 Å². The predicted octanol–water partition coefficient (Wildman–Crippen LogP) is 6.07. The minimum Gasteiger partial charge on any atom is -0.491 e. The average molecular weight is 382 g/mol. The third kappa shape index (κ3) is 3.23. The molecule has 0 saturated carbocycles. The van der Waals surface area contributed by atoms with E-state index in [9.17, 15) is 4.39 Å². The van der Waals surface area contributed by atoms with Gasteiger partial charge in [0.25, 0.3) is 0 Å². The first-order valence-electron chi connectivity index (χ1n) is 9.62. The average Bonchev–Trinajstić information content (AvgIpc) is 3.13. The van der Waals surface area contributed by atoms with E-state index < -0.39 is 0 Å². The molecule has 0 atom stereocenters. The molecule has 5 rings (SSSR count).